The van der Waals surface area contributed by atoms with Crippen LogP contribution in [0.15, 0.2) is 0 Å². The molecule has 286 valence electrons. The van der Waals surface area contributed by atoms with Crippen LogP contribution in [0, 0.1) is 0 Å². The van der Waals surface area contributed by atoms with Gasteiger partial charge in [0.1, 0.15) is 30.5 Å². The van der Waals surface area contributed by atoms with E-state index in [1.165, 1.54) is 135 Å². The molecule has 48 heavy (non-hydrogen) atoms. The zero-order valence-electron chi connectivity index (χ0n) is 31.0. The van der Waals surface area contributed by atoms with Gasteiger partial charge in [-0.25, -0.2) is 0 Å². The second-order valence-corrected chi connectivity index (χ2v) is 14.1. The van der Waals surface area contributed by atoms with E-state index >= 15 is 0 Å². The molecule has 1 saturated heterocycles. The number of rotatable bonds is 34. The molecule has 0 radical (unpaired) electrons. The molecule has 0 spiro atoms. The van der Waals surface area contributed by atoms with Gasteiger partial charge in [-0.15, -0.1) is 0 Å². The predicted molar refractivity (Wildman–Crippen MR) is 192 cm³/mol. The van der Waals surface area contributed by atoms with Crippen LogP contribution in [0.25, 0.3) is 0 Å². The Morgan fingerprint density at radius 1 is 0.583 bits per heavy atom. The smallest absolute Gasteiger partial charge is 0.306 e. The summed E-state index contributed by atoms with van der Waals surface area (Å²) in [6.07, 6.45) is 25.5. The first-order valence-electron chi connectivity index (χ1n) is 20.1. The summed E-state index contributed by atoms with van der Waals surface area (Å²) < 4.78 is 22.4. The van der Waals surface area contributed by atoms with E-state index in [1.807, 2.05) is 6.92 Å². The van der Waals surface area contributed by atoms with Gasteiger partial charge in [-0.2, -0.15) is 0 Å². The van der Waals surface area contributed by atoms with Gasteiger partial charge < -0.3 is 39.4 Å². The zero-order chi connectivity index (χ0) is 35.1. The van der Waals surface area contributed by atoms with E-state index < -0.39 is 43.4 Å². The highest BCUT2D eigenvalue weighted by Crippen LogP contribution is 2.22. The lowest BCUT2D eigenvalue weighted by Crippen LogP contribution is -2.59. The van der Waals surface area contributed by atoms with Crippen LogP contribution in [-0.2, 0) is 23.7 Å². The second kappa shape index (κ2) is 32.1. The highest BCUT2D eigenvalue weighted by atomic mass is 16.7. The Balaban J connectivity index is 2.01. The van der Waals surface area contributed by atoms with Crippen LogP contribution < -0.4 is 0 Å². The molecule has 0 aromatic carbocycles. The summed E-state index contributed by atoms with van der Waals surface area (Å²) in [4.78, 5) is 12.2. The number of carbonyl (C=O) groups is 1. The number of unbranched alkanes of at least 4 members (excludes halogenated alkanes) is 23. The number of esters is 1. The molecule has 0 aromatic rings. The van der Waals surface area contributed by atoms with Gasteiger partial charge in [0.25, 0.3) is 0 Å². The molecule has 9 nitrogen and oxygen atoms in total. The van der Waals surface area contributed by atoms with Crippen molar-refractivity contribution in [2.24, 2.45) is 0 Å². The van der Waals surface area contributed by atoms with Crippen LogP contribution in [0.1, 0.15) is 181 Å². The molecule has 0 aromatic heterocycles. The number of aliphatic hydroxyl groups is 4. The molecule has 6 unspecified atom stereocenters. The monoisotopic (exact) mass is 689 g/mol. The van der Waals surface area contributed by atoms with Crippen LogP contribution in [-0.4, -0.2) is 89.6 Å². The molecule has 4 N–H and O–H groups in total. The van der Waals surface area contributed by atoms with E-state index in [2.05, 4.69) is 6.92 Å². The van der Waals surface area contributed by atoms with Crippen LogP contribution in [0.2, 0.25) is 0 Å². The molecular weight excluding hydrogens is 612 g/mol. The fourth-order valence-electron chi connectivity index (χ4n) is 6.29. The van der Waals surface area contributed by atoms with E-state index in [0.29, 0.717) is 13.0 Å². The largest absolute Gasteiger partial charge is 0.457 e. The van der Waals surface area contributed by atoms with E-state index in [9.17, 15) is 25.2 Å². The normalized spacial score (nSPS) is 21.8. The van der Waals surface area contributed by atoms with Crippen LogP contribution in [0.5, 0.6) is 0 Å². The average molecular weight is 689 g/mol. The van der Waals surface area contributed by atoms with Gasteiger partial charge in [0.15, 0.2) is 6.29 Å². The molecule has 0 saturated carbocycles. The Morgan fingerprint density at radius 2 is 1.02 bits per heavy atom. The molecule has 1 aliphatic heterocycles. The van der Waals surface area contributed by atoms with Gasteiger partial charge in [0.2, 0.25) is 0 Å². The lowest BCUT2D eigenvalue weighted by atomic mass is 9.99. The molecule has 9 heteroatoms. The van der Waals surface area contributed by atoms with Gasteiger partial charge in [0.05, 0.1) is 19.8 Å². The summed E-state index contributed by atoms with van der Waals surface area (Å²) >= 11 is 0. The first kappa shape index (κ1) is 45.2. The predicted octanol–water partition coefficient (Wildman–Crippen LogP) is 7.91. The maximum absolute atomic E-state index is 12.2. The van der Waals surface area contributed by atoms with Crippen molar-refractivity contribution in [1.29, 1.82) is 0 Å². The Bertz CT molecular complexity index is 707. The maximum Gasteiger partial charge on any atom is 0.306 e. The highest BCUT2D eigenvalue weighted by molar-refractivity contribution is 5.69. The van der Waals surface area contributed by atoms with Crippen molar-refractivity contribution < 1.29 is 44.2 Å². The van der Waals surface area contributed by atoms with Crippen molar-refractivity contribution in [3.8, 4) is 0 Å². The Labute approximate surface area is 293 Å². The van der Waals surface area contributed by atoms with Crippen LogP contribution in [0.3, 0.4) is 0 Å². The molecular formula is C39H76O9. The third-order valence-electron chi connectivity index (χ3n) is 9.52. The quantitative estimate of drug-likeness (QED) is 0.0393. The lowest BCUT2D eigenvalue weighted by molar-refractivity contribution is -0.305. The van der Waals surface area contributed by atoms with Gasteiger partial charge in [-0.05, 0) is 12.8 Å². The van der Waals surface area contributed by atoms with Gasteiger partial charge in [0, 0.05) is 13.0 Å². The van der Waals surface area contributed by atoms with Crippen molar-refractivity contribution in [1.82, 2.24) is 0 Å². The second-order valence-electron chi connectivity index (χ2n) is 14.1. The molecule has 1 aliphatic rings. The standard InChI is InChI=1S/C39H76O9/c1-3-5-7-8-9-10-11-12-13-14-15-16-17-18-19-20-21-22-23-24-25-26-27-29-45-31-33(47-35(41)28-6-4-2)32-46-39-38(44)37(43)36(42)34(30-40)48-39/h33-34,36-40,42-44H,3-32H2,1-2H3. The van der Waals surface area contributed by atoms with Crippen molar-refractivity contribution >= 4 is 5.97 Å². The Kier molecular flexibility index (Phi) is 30.3. The first-order valence-corrected chi connectivity index (χ1v) is 20.1. The summed E-state index contributed by atoms with van der Waals surface area (Å²) in [6, 6.07) is 0. The number of hydrogen-bond donors (Lipinski definition) is 4. The van der Waals surface area contributed by atoms with Gasteiger partial charge in [-0.3, -0.25) is 4.79 Å². The number of ether oxygens (including phenoxy) is 4. The molecule has 1 rings (SSSR count). The minimum Gasteiger partial charge on any atom is -0.457 e. The maximum atomic E-state index is 12.2. The van der Waals surface area contributed by atoms with Crippen molar-refractivity contribution in [2.45, 2.75) is 218 Å². The summed E-state index contributed by atoms with van der Waals surface area (Å²) in [5.74, 6) is -0.345. The SMILES string of the molecule is CCCCCCCCCCCCCCCCCCCCCCCCCOCC(COC1OC(CO)C(O)C(O)C1O)OC(=O)CCCC. The molecule has 6 atom stereocenters. The highest BCUT2D eigenvalue weighted by Gasteiger charge is 2.44. The minimum atomic E-state index is -1.53. The molecule has 1 heterocycles. The van der Waals surface area contributed by atoms with Crippen molar-refractivity contribution in [2.75, 3.05) is 26.4 Å². The summed E-state index contributed by atoms with van der Waals surface area (Å²) in [5, 5.41) is 39.6. The number of aliphatic hydroxyl groups excluding tert-OH is 4. The topological polar surface area (TPSA) is 135 Å². The van der Waals surface area contributed by atoms with Crippen LogP contribution in [0.4, 0.5) is 0 Å². The summed E-state index contributed by atoms with van der Waals surface area (Å²) in [7, 11) is 0. The van der Waals surface area contributed by atoms with Gasteiger partial charge >= 0.3 is 5.97 Å². The Morgan fingerprint density at radius 3 is 1.46 bits per heavy atom. The van der Waals surface area contributed by atoms with Crippen molar-refractivity contribution in [3.05, 3.63) is 0 Å². The summed E-state index contributed by atoms with van der Waals surface area (Å²) in [5.41, 5.74) is 0. The van der Waals surface area contributed by atoms with E-state index in [-0.39, 0.29) is 19.2 Å². The summed E-state index contributed by atoms with van der Waals surface area (Å²) in [6.45, 7) is 4.34. The number of hydrogen-bond acceptors (Lipinski definition) is 9. The van der Waals surface area contributed by atoms with Gasteiger partial charge in [-0.1, -0.05) is 162 Å². The molecule has 1 fully saturated rings. The van der Waals surface area contributed by atoms with E-state index in [4.69, 9.17) is 18.9 Å². The molecule has 0 amide bonds. The van der Waals surface area contributed by atoms with E-state index in [0.717, 1.165) is 25.7 Å². The third kappa shape index (κ3) is 23.6. The van der Waals surface area contributed by atoms with Crippen LogP contribution >= 0.6 is 0 Å². The lowest BCUT2D eigenvalue weighted by Gasteiger charge is -2.39. The number of carbonyl (C=O) groups excluding carboxylic acids is 1. The fraction of sp³-hybridized carbons (Fsp3) is 0.974. The minimum absolute atomic E-state index is 0.111. The third-order valence-corrected chi connectivity index (χ3v) is 9.52. The fourth-order valence-corrected chi connectivity index (χ4v) is 6.29. The Hall–Kier alpha value is -0.810. The average Bonchev–Trinajstić information content (AvgIpc) is 3.09. The zero-order valence-corrected chi connectivity index (χ0v) is 31.0. The first-order chi connectivity index (χ1) is 23.4. The molecule has 0 bridgehead atoms. The van der Waals surface area contributed by atoms with E-state index in [1.54, 1.807) is 0 Å². The molecule has 0 aliphatic carbocycles. The van der Waals surface area contributed by atoms with Crippen molar-refractivity contribution in [3.63, 3.8) is 0 Å².